The Labute approximate surface area is 121 Å². The number of anilines is 1. The summed E-state index contributed by atoms with van der Waals surface area (Å²) in [4.78, 5) is 27.9. The second-order valence-corrected chi connectivity index (χ2v) is 4.83. The summed E-state index contributed by atoms with van der Waals surface area (Å²) in [7, 11) is 0. The first-order valence-corrected chi connectivity index (χ1v) is 6.47. The van der Waals surface area contributed by atoms with Crippen molar-refractivity contribution in [2.45, 2.75) is 26.8 Å². The van der Waals surface area contributed by atoms with Crippen LogP contribution in [-0.2, 0) is 0 Å². The molecule has 0 fully saturated rings. The normalized spacial score (nSPS) is 10.5. The largest absolute Gasteiger partial charge is 0.360 e. The molecule has 21 heavy (non-hydrogen) atoms. The van der Waals surface area contributed by atoms with E-state index in [2.05, 4.69) is 20.8 Å². The Bertz CT molecular complexity index is 664. The van der Waals surface area contributed by atoms with Crippen molar-refractivity contribution >= 4 is 17.6 Å². The predicted octanol–water partition coefficient (Wildman–Crippen LogP) is 1.77. The molecule has 0 aliphatic carbocycles. The summed E-state index contributed by atoms with van der Waals surface area (Å²) in [6.07, 6.45) is 1.41. The zero-order chi connectivity index (χ0) is 15.4. The molecule has 2 aromatic rings. The third kappa shape index (κ3) is 3.88. The maximum atomic E-state index is 12.1. The minimum absolute atomic E-state index is 0.00473. The number of hydrogen-bond donors (Lipinski definition) is 2. The van der Waals surface area contributed by atoms with Gasteiger partial charge in [0.25, 0.3) is 11.8 Å². The highest BCUT2D eigenvalue weighted by Crippen LogP contribution is 2.10. The third-order valence-electron chi connectivity index (χ3n) is 2.54. The molecule has 7 nitrogen and oxygen atoms in total. The van der Waals surface area contributed by atoms with Crippen LogP contribution < -0.4 is 10.6 Å². The van der Waals surface area contributed by atoms with Gasteiger partial charge in [-0.1, -0.05) is 5.16 Å². The minimum atomic E-state index is -0.385. The molecule has 2 N–H and O–H groups in total. The maximum Gasteiger partial charge on any atom is 0.270 e. The Morgan fingerprint density at radius 3 is 2.62 bits per heavy atom. The van der Waals surface area contributed by atoms with Gasteiger partial charge in [-0.2, -0.15) is 0 Å². The highest BCUT2D eigenvalue weighted by molar-refractivity contribution is 6.05. The number of nitrogens with one attached hydrogen (secondary N) is 2. The van der Waals surface area contributed by atoms with Crippen LogP contribution >= 0.6 is 0 Å². The van der Waals surface area contributed by atoms with Crippen LogP contribution in [0.4, 0.5) is 5.82 Å². The average Bonchev–Trinajstić information content (AvgIpc) is 2.83. The Morgan fingerprint density at radius 2 is 2.00 bits per heavy atom. The number of carbonyl (C=O) groups is 2. The SMILES string of the molecule is Cc1cc(NC(=O)c2ccnc(C(=O)NC(C)C)c2)no1. The predicted molar refractivity (Wildman–Crippen MR) is 76.0 cm³/mol. The zero-order valence-electron chi connectivity index (χ0n) is 12.0. The van der Waals surface area contributed by atoms with E-state index in [-0.39, 0.29) is 23.6 Å². The van der Waals surface area contributed by atoms with E-state index in [1.165, 1.54) is 18.3 Å². The molecule has 110 valence electrons. The van der Waals surface area contributed by atoms with Gasteiger partial charge in [-0.05, 0) is 32.9 Å². The lowest BCUT2D eigenvalue weighted by atomic mass is 10.2. The van der Waals surface area contributed by atoms with Crippen LogP contribution in [0.5, 0.6) is 0 Å². The van der Waals surface area contributed by atoms with E-state index in [4.69, 9.17) is 4.52 Å². The molecule has 0 aliphatic heterocycles. The van der Waals surface area contributed by atoms with Gasteiger partial charge in [0.15, 0.2) is 5.82 Å². The number of pyridine rings is 1. The van der Waals surface area contributed by atoms with Crippen LogP contribution in [0, 0.1) is 6.92 Å². The van der Waals surface area contributed by atoms with E-state index >= 15 is 0 Å². The number of aromatic nitrogens is 2. The summed E-state index contributed by atoms with van der Waals surface area (Å²) in [5.74, 6) is 0.209. The molecule has 7 heteroatoms. The first kappa shape index (κ1) is 14.7. The Kier molecular flexibility index (Phi) is 4.32. The molecular weight excluding hydrogens is 272 g/mol. The first-order chi connectivity index (χ1) is 9.95. The monoisotopic (exact) mass is 288 g/mol. The van der Waals surface area contributed by atoms with Gasteiger partial charge in [0.05, 0.1) is 0 Å². The number of carbonyl (C=O) groups excluding carboxylic acids is 2. The molecular formula is C14H16N4O3. The quantitative estimate of drug-likeness (QED) is 0.893. The number of aryl methyl sites for hydroxylation is 1. The Hall–Kier alpha value is -2.70. The van der Waals surface area contributed by atoms with Crippen molar-refractivity contribution in [2.24, 2.45) is 0 Å². The van der Waals surface area contributed by atoms with Gasteiger partial charge < -0.3 is 15.2 Å². The second kappa shape index (κ2) is 6.17. The number of amides is 2. The molecule has 0 aliphatic rings. The van der Waals surface area contributed by atoms with Gasteiger partial charge in [-0.3, -0.25) is 14.6 Å². The standard InChI is InChI=1S/C14H16N4O3/c1-8(2)16-14(20)11-7-10(4-5-15-11)13(19)17-12-6-9(3)21-18-12/h4-8H,1-3H3,(H,16,20)(H,17,18,19). The first-order valence-electron chi connectivity index (χ1n) is 6.47. The molecule has 0 radical (unpaired) electrons. The third-order valence-corrected chi connectivity index (χ3v) is 2.54. The van der Waals surface area contributed by atoms with Crippen LogP contribution in [0.1, 0.15) is 40.5 Å². The lowest BCUT2D eigenvalue weighted by Crippen LogP contribution is -2.31. The summed E-state index contributed by atoms with van der Waals surface area (Å²) >= 11 is 0. The molecule has 0 saturated heterocycles. The molecule has 0 aromatic carbocycles. The highest BCUT2D eigenvalue weighted by atomic mass is 16.5. The van der Waals surface area contributed by atoms with Gasteiger partial charge in [0, 0.05) is 23.9 Å². The fourth-order valence-electron chi connectivity index (χ4n) is 1.65. The van der Waals surface area contributed by atoms with E-state index in [0.717, 1.165) is 0 Å². The Balaban J connectivity index is 2.13. The van der Waals surface area contributed by atoms with Gasteiger partial charge in [-0.15, -0.1) is 0 Å². The van der Waals surface area contributed by atoms with Gasteiger partial charge in [0.1, 0.15) is 11.5 Å². The molecule has 0 spiro atoms. The van der Waals surface area contributed by atoms with E-state index in [1.54, 1.807) is 13.0 Å². The van der Waals surface area contributed by atoms with Crippen LogP contribution in [0.25, 0.3) is 0 Å². The van der Waals surface area contributed by atoms with Gasteiger partial charge >= 0.3 is 0 Å². The fraction of sp³-hybridized carbons (Fsp3) is 0.286. The summed E-state index contributed by atoms with van der Waals surface area (Å²) in [6, 6.07) is 4.55. The highest BCUT2D eigenvalue weighted by Gasteiger charge is 2.13. The lowest BCUT2D eigenvalue weighted by molar-refractivity contribution is 0.0938. The molecule has 2 amide bonds. The van der Waals surface area contributed by atoms with E-state index in [9.17, 15) is 9.59 Å². The summed E-state index contributed by atoms with van der Waals surface area (Å²) in [5.41, 5.74) is 0.507. The fourth-order valence-corrected chi connectivity index (χ4v) is 1.65. The molecule has 0 atom stereocenters. The van der Waals surface area contributed by atoms with Crippen molar-refractivity contribution in [1.82, 2.24) is 15.5 Å². The minimum Gasteiger partial charge on any atom is -0.360 e. The van der Waals surface area contributed by atoms with Crippen molar-refractivity contribution in [1.29, 1.82) is 0 Å². The van der Waals surface area contributed by atoms with E-state index < -0.39 is 0 Å². The van der Waals surface area contributed by atoms with E-state index in [0.29, 0.717) is 17.1 Å². The molecule has 2 aromatic heterocycles. The van der Waals surface area contributed by atoms with Gasteiger partial charge in [0.2, 0.25) is 0 Å². The number of hydrogen-bond acceptors (Lipinski definition) is 5. The van der Waals surface area contributed by atoms with E-state index in [1.807, 2.05) is 13.8 Å². The second-order valence-electron chi connectivity index (χ2n) is 4.83. The maximum absolute atomic E-state index is 12.1. The van der Waals surface area contributed by atoms with Crippen molar-refractivity contribution in [3.63, 3.8) is 0 Å². The molecule has 0 saturated carbocycles. The average molecular weight is 288 g/mol. The van der Waals surface area contributed by atoms with Crippen LogP contribution in [0.15, 0.2) is 28.9 Å². The van der Waals surface area contributed by atoms with Crippen LogP contribution in [0.3, 0.4) is 0 Å². The Morgan fingerprint density at radius 1 is 1.24 bits per heavy atom. The van der Waals surface area contributed by atoms with Crippen molar-refractivity contribution in [3.05, 3.63) is 41.4 Å². The molecule has 0 unspecified atom stereocenters. The topological polar surface area (TPSA) is 97.1 Å². The lowest BCUT2D eigenvalue weighted by Gasteiger charge is -2.08. The molecule has 2 heterocycles. The van der Waals surface area contributed by atoms with Crippen LogP contribution in [0.2, 0.25) is 0 Å². The summed E-state index contributed by atoms with van der Waals surface area (Å²) < 4.78 is 4.87. The smallest absolute Gasteiger partial charge is 0.270 e. The number of nitrogens with zero attached hydrogens (tertiary/aromatic N) is 2. The van der Waals surface area contributed by atoms with Gasteiger partial charge in [-0.25, -0.2) is 0 Å². The van der Waals surface area contributed by atoms with Crippen LogP contribution in [-0.4, -0.2) is 28.0 Å². The van der Waals surface area contributed by atoms with Crippen molar-refractivity contribution in [2.75, 3.05) is 5.32 Å². The summed E-state index contributed by atoms with van der Waals surface area (Å²) in [5, 5.41) is 8.98. The summed E-state index contributed by atoms with van der Waals surface area (Å²) in [6.45, 7) is 5.42. The zero-order valence-corrected chi connectivity index (χ0v) is 12.0. The molecule has 2 rings (SSSR count). The van der Waals surface area contributed by atoms with Crippen molar-refractivity contribution in [3.8, 4) is 0 Å². The number of rotatable bonds is 4. The molecule has 0 bridgehead atoms. The van der Waals surface area contributed by atoms with Crippen molar-refractivity contribution < 1.29 is 14.1 Å².